The maximum atomic E-state index is 12.6. The van der Waals surface area contributed by atoms with Gasteiger partial charge in [-0.15, -0.1) is 0 Å². The highest BCUT2D eigenvalue weighted by Crippen LogP contribution is 2.37. The van der Waals surface area contributed by atoms with Gasteiger partial charge in [0, 0.05) is 18.9 Å². The van der Waals surface area contributed by atoms with Crippen molar-refractivity contribution in [3.8, 4) is 0 Å². The number of aliphatic hydroxyl groups is 1. The van der Waals surface area contributed by atoms with Crippen LogP contribution in [0.25, 0.3) is 0 Å². The summed E-state index contributed by atoms with van der Waals surface area (Å²) in [6.45, 7) is 0.616. The molecule has 1 amide bonds. The third kappa shape index (κ3) is 3.45. The Balaban J connectivity index is 1.45. The molecule has 1 aromatic heterocycles. The van der Waals surface area contributed by atoms with E-state index in [4.69, 9.17) is 4.42 Å². The molecule has 0 radical (unpaired) electrons. The molecule has 1 aromatic carbocycles. The number of nitrogens with zero attached hydrogens (tertiary/aromatic N) is 2. The number of hydrogen-bond donors (Lipinski definition) is 1. The minimum Gasteiger partial charge on any atom is -0.445 e. The summed E-state index contributed by atoms with van der Waals surface area (Å²) in [5, 5.41) is 10.3. The van der Waals surface area contributed by atoms with Gasteiger partial charge in [-0.25, -0.2) is 4.98 Å². The Hall–Kier alpha value is -2.35. The van der Waals surface area contributed by atoms with Gasteiger partial charge in [0.2, 0.25) is 0 Å². The number of carbonyl (C=O) groups excluding carboxylic acids is 1. The second-order valence-electron chi connectivity index (χ2n) is 7.08. The molecule has 1 fully saturated rings. The highest BCUT2D eigenvalue weighted by molar-refractivity contribution is 5.82. The van der Waals surface area contributed by atoms with Gasteiger partial charge in [-0.2, -0.15) is 13.2 Å². The van der Waals surface area contributed by atoms with Gasteiger partial charge in [0.05, 0.1) is 12.1 Å². The first-order valence-corrected chi connectivity index (χ1v) is 8.95. The number of aliphatic hydroxyl groups excluding tert-OH is 1. The zero-order chi connectivity index (χ0) is 19.2. The zero-order valence-corrected chi connectivity index (χ0v) is 14.5. The highest BCUT2D eigenvalue weighted by Gasteiger charge is 2.33. The molecule has 144 valence electrons. The standard InChI is InChI=1S/C19H19F3N2O3/c20-19(21,22)13-6-4-11(5-7-13)16(25)18(26)24-9-8-15-14(10-24)23-17(27-15)12-2-1-3-12/h4-7,12,16,25H,1-3,8-10H2. The molecule has 1 aliphatic carbocycles. The van der Waals surface area contributed by atoms with Gasteiger partial charge in [0.25, 0.3) is 5.91 Å². The summed E-state index contributed by atoms with van der Waals surface area (Å²) >= 11 is 0. The van der Waals surface area contributed by atoms with E-state index in [0.717, 1.165) is 48.8 Å². The molecule has 1 aliphatic heterocycles. The number of fused-ring (bicyclic) bond motifs is 1. The maximum Gasteiger partial charge on any atom is 0.416 e. The van der Waals surface area contributed by atoms with Crippen LogP contribution in [-0.2, 0) is 23.9 Å². The lowest BCUT2D eigenvalue weighted by Crippen LogP contribution is -2.39. The summed E-state index contributed by atoms with van der Waals surface area (Å²) in [5.74, 6) is 1.32. The number of amides is 1. The normalized spacial score (nSPS) is 18.7. The Morgan fingerprint density at radius 2 is 1.96 bits per heavy atom. The van der Waals surface area contributed by atoms with Crippen LogP contribution in [0.1, 0.15) is 59.8 Å². The molecule has 2 heterocycles. The SMILES string of the molecule is O=C(C(O)c1ccc(C(F)(F)F)cc1)N1CCc2oc(C3CCC3)nc2C1. The van der Waals surface area contributed by atoms with Crippen molar-refractivity contribution >= 4 is 5.91 Å². The van der Waals surface area contributed by atoms with Crippen LogP contribution in [0, 0.1) is 0 Å². The fourth-order valence-electron chi connectivity index (χ4n) is 3.41. The molecule has 0 saturated heterocycles. The molecular weight excluding hydrogens is 361 g/mol. The second kappa shape index (κ2) is 6.67. The molecule has 1 atom stereocenters. The van der Waals surface area contributed by atoms with Gasteiger partial charge in [-0.1, -0.05) is 18.6 Å². The first kappa shape index (κ1) is 18.0. The molecule has 8 heteroatoms. The number of aromatic nitrogens is 1. The van der Waals surface area contributed by atoms with Crippen LogP contribution in [0.2, 0.25) is 0 Å². The average molecular weight is 380 g/mol. The van der Waals surface area contributed by atoms with E-state index in [9.17, 15) is 23.1 Å². The average Bonchev–Trinajstić information content (AvgIpc) is 3.00. The Morgan fingerprint density at radius 3 is 2.56 bits per heavy atom. The molecule has 5 nitrogen and oxygen atoms in total. The van der Waals surface area contributed by atoms with E-state index < -0.39 is 23.8 Å². The third-order valence-electron chi connectivity index (χ3n) is 5.30. The summed E-state index contributed by atoms with van der Waals surface area (Å²) in [7, 11) is 0. The molecule has 0 spiro atoms. The minimum atomic E-state index is -4.46. The molecule has 1 saturated carbocycles. The van der Waals surface area contributed by atoms with E-state index in [1.54, 1.807) is 0 Å². The fourth-order valence-corrected chi connectivity index (χ4v) is 3.41. The smallest absolute Gasteiger partial charge is 0.416 e. The number of carbonyl (C=O) groups is 1. The van der Waals surface area contributed by atoms with Crippen LogP contribution in [0.4, 0.5) is 13.2 Å². The van der Waals surface area contributed by atoms with Gasteiger partial charge in [0.15, 0.2) is 12.0 Å². The van der Waals surface area contributed by atoms with E-state index in [1.807, 2.05) is 0 Å². The van der Waals surface area contributed by atoms with Crippen LogP contribution in [0.15, 0.2) is 28.7 Å². The Morgan fingerprint density at radius 1 is 1.26 bits per heavy atom. The Kier molecular flexibility index (Phi) is 4.46. The topological polar surface area (TPSA) is 66.6 Å². The number of benzene rings is 1. The predicted molar refractivity (Wildman–Crippen MR) is 88.6 cm³/mol. The van der Waals surface area contributed by atoms with Crippen LogP contribution in [-0.4, -0.2) is 27.4 Å². The molecule has 2 aliphatic rings. The number of rotatable bonds is 3. The molecular formula is C19H19F3N2O3. The molecule has 2 aromatic rings. The molecule has 1 N–H and O–H groups in total. The van der Waals surface area contributed by atoms with Crippen LogP contribution in [0.5, 0.6) is 0 Å². The van der Waals surface area contributed by atoms with Crippen molar-refractivity contribution in [1.82, 2.24) is 9.88 Å². The largest absolute Gasteiger partial charge is 0.445 e. The second-order valence-corrected chi connectivity index (χ2v) is 7.08. The Bertz CT molecular complexity index is 841. The Labute approximate surface area is 153 Å². The lowest BCUT2D eigenvalue weighted by molar-refractivity contribution is -0.141. The van der Waals surface area contributed by atoms with Crippen molar-refractivity contribution in [2.75, 3.05) is 6.54 Å². The van der Waals surface area contributed by atoms with Crippen LogP contribution < -0.4 is 0 Å². The number of halogens is 3. The van der Waals surface area contributed by atoms with Crippen molar-refractivity contribution in [2.45, 2.75) is 50.4 Å². The van der Waals surface area contributed by atoms with E-state index in [2.05, 4.69) is 4.98 Å². The van der Waals surface area contributed by atoms with E-state index in [1.165, 1.54) is 11.3 Å². The van der Waals surface area contributed by atoms with E-state index in [0.29, 0.717) is 24.6 Å². The minimum absolute atomic E-state index is 0.133. The molecule has 0 bridgehead atoms. The van der Waals surface area contributed by atoms with Gasteiger partial charge < -0.3 is 14.4 Å². The summed E-state index contributed by atoms with van der Waals surface area (Å²) in [4.78, 5) is 18.6. The van der Waals surface area contributed by atoms with Crippen molar-refractivity contribution in [3.63, 3.8) is 0 Å². The van der Waals surface area contributed by atoms with Crippen LogP contribution >= 0.6 is 0 Å². The van der Waals surface area contributed by atoms with Gasteiger partial charge in [-0.3, -0.25) is 4.79 Å². The van der Waals surface area contributed by atoms with Crippen molar-refractivity contribution in [3.05, 3.63) is 52.7 Å². The molecule has 1 unspecified atom stereocenters. The quantitative estimate of drug-likeness (QED) is 0.884. The van der Waals surface area contributed by atoms with Crippen molar-refractivity contribution in [1.29, 1.82) is 0 Å². The molecule has 27 heavy (non-hydrogen) atoms. The number of oxazole rings is 1. The van der Waals surface area contributed by atoms with Gasteiger partial charge >= 0.3 is 6.18 Å². The highest BCUT2D eigenvalue weighted by atomic mass is 19.4. The summed E-state index contributed by atoms with van der Waals surface area (Å²) in [5.41, 5.74) is 0.0184. The monoisotopic (exact) mass is 380 g/mol. The van der Waals surface area contributed by atoms with Crippen molar-refractivity contribution < 1.29 is 27.5 Å². The van der Waals surface area contributed by atoms with E-state index >= 15 is 0 Å². The molecule has 4 rings (SSSR count). The fraction of sp³-hybridized carbons (Fsp3) is 0.474. The summed E-state index contributed by atoms with van der Waals surface area (Å²) in [6.07, 6.45) is -2.15. The first-order valence-electron chi connectivity index (χ1n) is 8.95. The van der Waals surface area contributed by atoms with Gasteiger partial charge in [0.1, 0.15) is 11.5 Å². The first-order chi connectivity index (χ1) is 12.8. The number of hydrogen-bond acceptors (Lipinski definition) is 4. The summed E-state index contributed by atoms with van der Waals surface area (Å²) < 4.78 is 43.7. The van der Waals surface area contributed by atoms with E-state index in [-0.39, 0.29) is 12.1 Å². The zero-order valence-electron chi connectivity index (χ0n) is 14.5. The lowest BCUT2D eigenvalue weighted by Gasteiger charge is -2.27. The van der Waals surface area contributed by atoms with Crippen molar-refractivity contribution in [2.24, 2.45) is 0 Å². The predicted octanol–water partition coefficient (Wildman–Crippen LogP) is 3.58. The third-order valence-corrected chi connectivity index (χ3v) is 5.30. The van der Waals surface area contributed by atoms with Crippen LogP contribution in [0.3, 0.4) is 0 Å². The van der Waals surface area contributed by atoms with Gasteiger partial charge in [-0.05, 0) is 30.5 Å². The maximum absolute atomic E-state index is 12.6. The summed E-state index contributed by atoms with van der Waals surface area (Å²) in [6, 6.07) is 3.99. The number of alkyl halides is 3. The lowest BCUT2D eigenvalue weighted by atomic mass is 9.85.